The Morgan fingerprint density at radius 1 is 0.782 bits per heavy atom. The number of carbonyl (C=O) groups excluding carboxylic acids is 2. The molecule has 2 N–H and O–H groups in total. The highest BCUT2D eigenvalue weighted by Crippen LogP contribution is 2.47. The molecule has 0 radical (unpaired) electrons. The zero-order chi connectivity index (χ0) is 37.5. The van der Waals surface area contributed by atoms with Gasteiger partial charge in [0.2, 0.25) is 5.91 Å². The second-order valence-corrected chi connectivity index (χ2v) is 16.3. The van der Waals surface area contributed by atoms with Gasteiger partial charge in [-0.1, -0.05) is 49.0 Å². The number of phenols is 1. The van der Waals surface area contributed by atoms with Crippen LogP contribution in [0.15, 0.2) is 97.3 Å². The van der Waals surface area contributed by atoms with E-state index in [2.05, 4.69) is 93.5 Å². The molecule has 9 heteroatoms. The first-order valence-corrected chi connectivity index (χ1v) is 20.4. The highest BCUT2D eigenvalue weighted by Gasteiger charge is 2.38. The van der Waals surface area contributed by atoms with Crippen molar-refractivity contribution < 1.29 is 14.7 Å². The lowest BCUT2D eigenvalue weighted by molar-refractivity contribution is -0.126. The van der Waals surface area contributed by atoms with Gasteiger partial charge in [-0.3, -0.25) is 14.5 Å². The normalized spacial score (nSPS) is 23.5. The van der Waals surface area contributed by atoms with Crippen LogP contribution in [0, 0.1) is 5.92 Å². The average molecular weight is 737 g/mol. The molecule has 1 unspecified atom stereocenters. The van der Waals surface area contributed by atoms with Crippen LogP contribution < -0.4 is 15.1 Å². The van der Waals surface area contributed by atoms with Crippen molar-refractivity contribution in [1.29, 1.82) is 0 Å². The van der Waals surface area contributed by atoms with E-state index in [0.29, 0.717) is 31.1 Å². The number of fused-ring (bicyclic) bond motifs is 2. The molecule has 1 aromatic heterocycles. The number of piperidine rings is 2. The number of aryl methyl sites for hydroxylation is 1. The second-order valence-electron chi connectivity index (χ2n) is 16.3. The van der Waals surface area contributed by atoms with Gasteiger partial charge in [-0.2, -0.15) is 0 Å². The fourth-order valence-electron chi connectivity index (χ4n) is 9.93. The molecule has 0 spiro atoms. The van der Waals surface area contributed by atoms with Crippen molar-refractivity contribution in [1.82, 2.24) is 20.1 Å². The summed E-state index contributed by atoms with van der Waals surface area (Å²) in [6.07, 6.45) is 9.09. The predicted octanol–water partition coefficient (Wildman–Crippen LogP) is 6.83. The number of amides is 2. The van der Waals surface area contributed by atoms with Gasteiger partial charge < -0.3 is 25.1 Å². The Bertz CT molecular complexity index is 2050. The Kier molecular flexibility index (Phi) is 9.81. The van der Waals surface area contributed by atoms with Crippen LogP contribution in [-0.4, -0.2) is 83.6 Å². The van der Waals surface area contributed by atoms with Gasteiger partial charge in [0.15, 0.2) is 0 Å². The highest BCUT2D eigenvalue weighted by molar-refractivity contribution is 6.01. The third kappa shape index (κ3) is 7.22. The monoisotopic (exact) mass is 736 g/mol. The van der Waals surface area contributed by atoms with Crippen LogP contribution in [0.2, 0.25) is 0 Å². The molecule has 2 amide bonds. The number of rotatable bonds is 8. The number of piperazine rings is 1. The summed E-state index contributed by atoms with van der Waals surface area (Å²) in [5.41, 5.74) is 8.81. The van der Waals surface area contributed by atoms with E-state index < -0.39 is 6.04 Å². The minimum absolute atomic E-state index is 0.0412. The topological polar surface area (TPSA) is 92.2 Å². The van der Waals surface area contributed by atoms with Crippen LogP contribution >= 0.6 is 0 Å². The molecule has 284 valence electrons. The van der Waals surface area contributed by atoms with Crippen LogP contribution in [0.5, 0.6) is 5.75 Å². The Labute approximate surface area is 324 Å². The molecule has 3 fully saturated rings. The quantitative estimate of drug-likeness (QED) is 0.205. The first kappa shape index (κ1) is 35.5. The average Bonchev–Trinajstić information content (AvgIpc) is 3.55. The van der Waals surface area contributed by atoms with Gasteiger partial charge in [0.05, 0.1) is 0 Å². The van der Waals surface area contributed by atoms with Crippen molar-refractivity contribution in [3.05, 3.63) is 131 Å². The minimum Gasteiger partial charge on any atom is -0.508 e. The van der Waals surface area contributed by atoms with E-state index in [0.717, 1.165) is 87.2 Å². The molecule has 4 aromatic rings. The number of aromatic nitrogens is 1. The number of carbonyl (C=O) groups is 2. The van der Waals surface area contributed by atoms with Crippen molar-refractivity contribution in [2.24, 2.45) is 5.92 Å². The van der Waals surface area contributed by atoms with Crippen molar-refractivity contribution in [3.8, 4) is 5.75 Å². The number of anilines is 2. The van der Waals surface area contributed by atoms with E-state index in [-0.39, 0.29) is 17.7 Å². The van der Waals surface area contributed by atoms with Gasteiger partial charge in [-0.05, 0) is 128 Å². The maximum atomic E-state index is 13.2. The van der Waals surface area contributed by atoms with Crippen molar-refractivity contribution in [2.75, 3.05) is 55.6 Å². The number of aromatic hydroxyl groups is 1. The molecule has 1 aliphatic carbocycles. The van der Waals surface area contributed by atoms with Crippen molar-refractivity contribution in [3.63, 3.8) is 0 Å². The van der Waals surface area contributed by atoms with Gasteiger partial charge >= 0.3 is 0 Å². The number of hydrogen-bond acceptors (Lipinski definition) is 7. The molecule has 5 aliphatic rings. The van der Waals surface area contributed by atoms with Gasteiger partial charge in [0.1, 0.15) is 17.6 Å². The molecule has 4 aliphatic heterocycles. The van der Waals surface area contributed by atoms with E-state index in [9.17, 15) is 14.7 Å². The molecule has 0 bridgehead atoms. The molecule has 3 atom stereocenters. The number of hydrogen-bond donors (Lipinski definition) is 2. The van der Waals surface area contributed by atoms with Crippen LogP contribution in [0.25, 0.3) is 0 Å². The molecule has 9 rings (SSSR count). The molecule has 3 aromatic carbocycles. The molecule has 3 saturated heterocycles. The van der Waals surface area contributed by atoms with Crippen LogP contribution in [0.4, 0.5) is 11.5 Å². The fraction of sp³-hybridized carbons (Fsp3) is 0.413. The second kappa shape index (κ2) is 15.2. The van der Waals surface area contributed by atoms with Crippen molar-refractivity contribution >= 4 is 23.3 Å². The zero-order valence-electron chi connectivity index (χ0n) is 31.7. The number of benzene rings is 3. The number of pyridine rings is 1. The molecular weight excluding hydrogens is 685 g/mol. The van der Waals surface area contributed by atoms with Gasteiger partial charge in [-0.25, -0.2) is 4.98 Å². The molecule has 0 saturated carbocycles. The van der Waals surface area contributed by atoms with E-state index in [1.165, 1.54) is 47.2 Å². The molecule has 5 heterocycles. The SMILES string of the molecule is C=C1CCC(N2Cc3cc(N4CCN(CCC5CCN(c6ccc([C@@H]7c8ccc(O)cc8CC[C@@H]7c7ccccc7)cn6)CC5)CC4)ccc3C2=O)C(=O)N1. The third-order valence-electron chi connectivity index (χ3n) is 13.1. The van der Waals surface area contributed by atoms with Gasteiger partial charge in [-0.15, -0.1) is 0 Å². The maximum Gasteiger partial charge on any atom is 0.255 e. The summed E-state index contributed by atoms with van der Waals surface area (Å²) in [6, 6.07) is 27.1. The summed E-state index contributed by atoms with van der Waals surface area (Å²) >= 11 is 0. The van der Waals surface area contributed by atoms with E-state index in [4.69, 9.17) is 4.98 Å². The van der Waals surface area contributed by atoms with Gasteiger partial charge in [0, 0.05) is 74.9 Å². The largest absolute Gasteiger partial charge is 0.508 e. The summed E-state index contributed by atoms with van der Waals surface area (Å²) in [5.74, 6) is 2.58. The summed E-state index contributed by atoms with van der Waals surface area (Å²) in [4.78, 5) is 40.1. The fourth-order valence-corrected chi connectivity index (χ4v) is 9.93. The first-order valence-electron chi connectivity index (χ1n) is 20.4. The Morgan fingerprint density at radius 3 is 2.36 bits per heavy atom. The molecule has 9 nitrogen and oxygen atoms in total. The van der Waals surface area contributed by atoms with E-state index in [1.54, 1.807) is 4.90 Å². The van der Waals surface area contributed by atoms with Crippen LogP contribution in [0.3, 0.4) is 0 Å². The minimum atomic E-state index is -0.426. The number of phenolic OH excluding ortho intramolecular Hbond substituents is 1. The molecular formula is C46H52N6O3. The third-order valence-corrected chi connectivity index (χ3v) is 13.1. The Hall–Kier alpha value is -5.15. The Morgan fingerprint density at radius 2 is 1.60 bits per heavy atom. The zero-order valence-corrected chi connectivity index (χ0v) is 31.7. The van der Waals surface area contributed by atoms with Crippen LogP contribution in [0.1, 0.15) is 88.5 Å². The molecule has 55 heavy (non-hydrogen) atoms. The predicted molar refractivity (Wildman–Crippen MR) is 217 cm³/mol. The van der Waals surface area contributed by atoms with Crippen LogP contribution in [-0.2, 0) is 17.8 Å². The lowest BCUT2D eigenvalue weighted by Crippen LogP contribution is -2.49. The number of nitrogens with zero attached hydrogens (tertiary/aromatic N) is 5. The van der Waals surface area contributed by atoms with Crippen molar-refractivity contribution in [2.45, 2.75) is 69.4 Å². The van der Waals surface area contributed by atoms with Gasteiger partial charge in [0.25, 0.3) is 5.91 Å². The maximum absolute atomic E-state index is 13.2. The summed E-state index contributed by atoms with van der Waals surface area (Å²) in [6.45, 7) is 11.6. The Balaban J connectivity index is 0.756. The highest BCUT2D eigenvalue weighted by atomic mass is 16.3. The standard InChI is InChI=1S/C46H52N6O3/c1-31-7-15-42(45(54)48-31)52-30-36-27-37(10-13-41(36)46(52)55)50-25-23-49(24-26-50)20-17-32-18-21-51(22-19-32)43-16-9-35(29-47-43)44-39(33-5-3-2-4-6-33)12-8-34-28-38(53)11-14-40(34)44/h2-6,9-11,13-14,16,27-29,32,39,42,44,53H,1,7-8,12,15,17-26,30H2,(H,48,54)/t39-,42?,44+/m1/s1. The number of nitrogens with one attached hydrogen (secondary N) is 1. The smallest absolute Gasteiger partial charge is 0.255 e. The summed E-state index contributed by atoms with van der Waals surface area (Å²) < 4.78 is 0. The van der Waals surface area contributed by atoms with E-state index >= 15 is 0 Å². The summed E-state index contributed by atoms with van der Waals surface area (Å²) in [7, 11) is 0. The van der Waals surface area contributed by atoms with E-state index in [1.807, 2.05) is 18.2 Å². The number of allylic oxidation sites excluding steroid dienone is 1. The first-order chi connectivity index (χ1) is 26.9. The lowest BCUT2D eigenvalue weighted by Gasteiger charge is -2.38. The lowest BCUT2D eigenvalue weighted by atomic mass is 9.69. The summed E-state index contributed by atoms with van der Waals surface area (Å²) in [5, 5.41) is 13.0.